The van der Waals surface area contributed by atoms with Crippen LogP contribution in [0.5, 0.6) is 0 Å². The number of para-hydroxylation sites is 1. The number of hydrogen-bond acceptors (Lipinski definition) is 4. The number of carboxylic acid groups (broad SMARTS) is 1. The summed E-state index contributed by atoms with van der Waals surface area (Å²) in [6.07, 6.45) is 0.168. The molecule has 0 unspecified atom stereocenters. The average Bonchev–Trinajstić information content (AvgIpc) is 2.75. The summed E-state index contributed by atoms with van der Waals surface area (Å²) in [4.78, 5) is 11.0. The Hall–Kier alpha value is -1.60. The smallest absolute Gasteiger partial charge is 0.305 e. The van der Waals surface area contributed by atoms with Crippen molar-refractivity contribution in [3.05, 3.63) is 29.8 Å². The normalized spacial score (nSPS) is 17.8. The van der Waals surface area contributed by atoms with Crippen molar-refractivity contribution < 1.29 is 23.1 Å². The molecule has 1 atom stereocenters. The van der Waals surface area contributed by atoms with E-state index in [0.717, 1.165) is 5.56 Å². The molecule has 6 nitrogen and oxygen atoms in total. The number of carboxylic acids is 1. The molecule has 0 aromatic heterocycles. The van der Waals surface area contributed by atoms with E-state index in [1.54, 1.807) is 12.1 Å². The molecule has 0 amide bonds. The summed E-state index contributed by atoms with van der Waals surface area (Å²) in [6.45, 7) is 3.77. The van der Waals surface area contributed by atoms with E-state index in [4.69, 9.17) is 9.84 Å². The summed E-state index contributed by atoms with van der Waals surface area (Å²) in [7, 11) is -3.62. The number of sulfonamides is 1. The number of benzene rings is 1. The molecule has 1 heterocycles. The maximum absolute atomic E-state index is 12.6. The summed E-state index contributed by atoms with van der Waals surface area (Å²) < 4.78 is 31.8. The number of anilines is 1. The first-order chi connectivity index (χ1) is 10.3. The molecule has 0 bridgehead atoms. The standard InChI is InChI=1S/C15H21NO5S/c1-11(2)21-7-8-22(19,20)16-13(10-15(17)18)9-12-5-3-4-6-14(12)16/h3-6,11,13H,7-10H2,1-2H3,(H,17,18)/t13-/m0/s1. The summed E-state index contributed by atoms with van der Waals surface area (Å²) in [5.41, 5.74) is 1.44. The molecule has 1 aliphatic heterocycles. The number of ether oxygens (including phenoxy) is 1. The van der Waals surface area contributed by atoms with E-state index in [1.165, 1.54) is 4.31 Å². The Kier molecular flexibility index (Phi) is 5.08. The van der Waals surface area contributed by atoms with E-state index < -0.39 is 22.0 Å². The molecule has 1 aromatic carbocycles. The van der Waals surface area contributed by atoms with Crippen LogP contribution in [0.4, 0.5) is 5.69 Å². The average molecular weight is 327 g/mol. The third-order valence-corrected chi connectivity index (χ3v) is 5.30. The lowest BCUT2D eigenvalue weighted by Crippen LogP contribution is -2.41. The summed E-state index contributed by atoms with van der Waals surface area (Å²) in [5, 5.41) is 9.04. The first kappa shape index (κ1) is 16.8. The highest BCUT2D eigenvalue weighted by molar-refractivity contribution is 7.92. The second-order valence-electron chi connectivity index (χ2n) is 5.62. The zero-order chi connectivity index (χ0) is 16.3. The van der Waals surface area contributed by atoms with Crippen molar-refractivity contribution in [1.82, 2.24) is 0 Å². The monoisotopic (exact) mass is 327 g/mol. The SMILES string of the molecule is CC(C)OCCS(=O)(=O)N1c2ccccc2C[C@H]1CC(=O)O. The number of aliphatic carboxylic acids is 1. The van der Waals surface area contributed by atoms with Crippen molar-refractivity contribution in [2.45, 2.75) is 38.8 Å². The summed E-state index contributed by atoms with van der Waals surface area (Å²) in [5.74, 6) is -1.16. The fourth-order valence-corrected chi connectivity index (χ4v) is 4.24. The van der Waals surface area contributed by atoms with Gasteiger partial charge in [-0.1, -0.05) is 18.2 Å². The maximum Gasteiger partial charge on any atom is 0.305 e. The first-order valence-corrected chi connectivity index (χ1v) is 8.85. The summed E-state index contributed by atoms with van der Waals surface area (Å²) >= 11 is 0. The predicted molar refractivity (Wildman–Crippen MR) is 83.5 cm³/mol. The minimum Gasteiger partial charge on any atom is -0.481 e. The Balaban J connectivity index is 2.25. The van der Waals surface area contributed by atoms with Gasteiger partial charge in [-0.15, -0.1) is 0 Å². The van der Waals surface area contributed by atoms with Gasteiger partial charge in [0.2, 0.25) is 10.0 Å². The number of rotatable bonds is 7. The highest BCUT2D eigenvalue weighted by atomic mass is 32.2. The third kappa shape index (κ3) is 3.78. The number of hydrogen-bond donors (Lipinski definition) is 1. The minimum atomic E-state index is -3.62. The van der Waals surface area contributed by atoms with Gasteiger partial charge in [0, 0.05) is 0 Å². The Morgan fingerprint density at radius 1 is 1.41 bits per heavy atom. The second-order valence-corrected chi connectivity index (χ2v) is 7.58. The lowest BCUT2D eigenvalue weighted by molar-refractivity contribution is -0.137. The van der Waals surface area contributed by atoms with Gasteiger partial charge in [-0.3, -0.25) is 9.10 Å². The van der Waals surface area contributed by atoms with E-state index in [1.807, 2.05) is 26.0 Å². The van der Waals surface area contributed by atoms with Gasteiger partial charge in [-0.2, -0.15) is 0 Å². The molecule has 0 spiro atoms. The molecule has 0 radical (unpaired) electrons. The molecule has 0 aliphatic carbocycles. The Labute approximate surface area is 130 Å². The van der Waals surface area contributed by atoms with E-state index in [2.05, 4.69) is 0 Å². The molecule has 7 heteroatoms. The minimum absolute atomic E-state index is 0.0455. The van der Waals surface area contributed by atoms with Crippen LogP contribution in [0.1, 0.15) is 25.8 Å². The van der Waals surface area contributed by atoms with E-state index >= 15 is 0 Å². The van der Waals surface area contributed by atoms with Gasteiger partial charge in [0.25, 0.3) is 0 Å². The van der Waals surface area contributed by atoms with Crippen molar-refractivity contribution in [3.63, 3.8) is 0 Å². The zero-order valence-electron chi connectivity index (χ0n) is 12.7. The van der Waals surface area contributed by atoms with Gasteiger partial charge in [0.05, 0.1) is 36.6 Å². The predicted octanol–water partition coefficient (Wildman–Crippen LogP) is 1.65. The first-order valence-electron chi connectivity index (χ1n) is 7.24. The Morgan fingerprint density at radius 2 is 2.09 bits per heavy atom. The van der Waals surface area contributed by atoms with Gasteiger partial charge < -0.3 is 9.84 Å². The van der Waals surface area contributed by atoms with Gasteiger partial charge in [-0.05, 0) is 31.9 Å². The zero-order valence-corrected chi connectivity index (χ0v) is 13.5. The van der Waals surface area contributed by atoms with Crippen LogP contribution in [0.15, 0.2) is 24.3 Å². The molecular formula is C15H21NO5S. The van der Waals surface area contributed by atoms with Crippen molar-refractivity contribution in [2.24, 2.45) is 0 Å². The van der Waals surface area contributed by atoms with Gasteiger partial charge in [0.15, 0.2) is 0 Å². The quantitative estimate of drug-likeness (QED) is 0.823. The lowest BCUT2D eigenvalue weighted by atomic mass is 10.1. The lowest BCUT2D eigenvalue weighted by Gasteiger charge is -2.26. The highest BCUT2D eigenvalue weighted by Crippen LogP contribution is 2.35. The van der Waals surface area contributed by atoms with Crippen LogP contribution in [0.3, 0.4) is 0 Å². The van der Waals surface area contributed by atoms with Crippen molar-refractivity contribution in [1.29, 1.82) is 0 Å². The van der Waals surface area contributed by atoms with Crippen LogP contribution >= 0.6 is 0 Å². The van der Waals surface area contributed by atoms with Crippen LogP contribution in [0.2, 0.25) is 0 Å². The van der Waals surface area contributed by atoms with Crippen LogP contribution in [-0.4, -0.2) is 44.0 Å². The Morgan fingerprint density at radius 3 is 2.73 bits per heavy atom. The van der Waals surface area contributed by atoms with E-state index in [-0.39, 0.29) is 24.9 Å². The third-order valence-electron chi connectivity index (χ3n) is 3.52. The number of fused-ring (bicyclic) bond motifs is 1. The molecule has 2 rings (SSSR count). The molecule has 1 N–H and O–H groups in total. The molecule has 0 saturated heterocycles. The molecule has 0 fully saturated rings. The molecular weight excluding hydrogens is 306 g/mol. The topological polar surface area (TPSA) is 83.9 Å². The van der Waals surface area contributed by atoms with Gasteiger partial charge in [0.1, 0.15) is 0 Å². The van der Waals surface area contributed by atoms with Crippen LogP contribution in [0.25, 0.3) is 0 Å². The van der Waals surface area contributed by atoms with E-state index in [9.17, 15) is 13.2 Å². The van der Waals surface area contributed by atoms with Crippen LogP contribution < -0.4 is 4.31 Å². The fourth-order valence-electron chi connectivity index (χ4n) is 2.65. The van der Waals surface area contributed by atoms with Gasteiger partial charge >= 0.3 is 5.97 Å². The molecule has 0 saturated carbocycles. The van der Waals surface area contributed by atoms with Crippen LogP contribution in [-0.2, 0) is 26.0 Å². The number of carbonyl (C=O) groups is 1. The second kappa shape index (κ2) is 6.66. The fraction of sp³-hybridized carbons (Fsp3) is 0.533. The molecule has 1 aromatic rings. The molecule has 1 aliphatic rings. The molecule has 22 heavy (non-hydrogen) atoms. The van der Waals surface area contributed by atoms with Gasteiger partial charge in [-0.25, -0.2) is 8.42 Å². The number of nitrogens with zero attached hydrogens (tertiary/aromatic N) is 1. The van der Waals surface area contributed by atoms with Crippen molar-refractivity contribution in [2.75, 3.05) is 16.7 Å². The highest BCUT2D eigenvalue weighted by Gasteiger charge is 2.38. The summed E-state index contributed by atoms with van der Waals surface area (Å²) in [6, 6.07) is 6.57. The van der Waals surface area contributed by atoms with Crippen molar-refractivity contribution in [3.8, 4) is 0 Å². The Bertz CT molecular complexity index is 641. The largest absolute Gasteiger partial charge is 0.481 e. The van der Waals surface area contributed by atoms with Crippen LogP contribution in [0, 0.1) is 0 Å². The molecule has 122 valence electrons. The van der Waals surface area contributed by atoms with Crippen molar-refractivity contribution >= 4 is 21.7 Å². The maximum atomic E-state index is 12.6. The van der Waals surface area contributed by atoms with E-state index in [0.29, 0.717) is 12.1 Å².